The number of hydrogen-bond acceptors (Lipinski definition) is 4. The van der Waals surface area contributed by atoms with E-state index in [4.69, 9.17) is 4.74 Å². The number of anilines is 1. The molecule has 0 bridgehead atoms. The molecule has 0 saturated heterocycles. The van der Waals surface area contributed by atoms with Crippen LogP contribution in [0.3, 0.4) is 0 Å². The highest BCUT2D eigenvalue weighted by atomic mass is 16.5. The highest BCUT2D eigenvalue weighted by Crippen LogP contribution is 2.37. The first-order chi connectivity index (χ1) is 13.7. The second kappa shape index (κ2) is 8.42. The number of aromatic nitrogens is 1. The van der Waals surface area contributed by atoms with Crippen molar-refractivity contribution in [2.75, 3.05) is 11.4 Å². The van der Waals surface area contributed by atoms with Gasteiger partial charge in [-0.25, -0.2) is 4.98 Å². The van der Waals surface area contributed by atoms with Gasteiger partial charge in [0.1, 0.15) is 5.56 Å². The van der Waals surface area contributed by atoms with Crippen molar-refractivity contribution in [2.45, 2.75) is 51.0 Å². The molecule has 0 radical (unpaired) electrons. The molecular weight excluding hydrogens is 354 g/mol. The van der Waals surface area contributed by atoms with Gasteiger partial charge in [0.15, 0.2) is 5.75 Å². The molecule has 6 nitrogen and oxygen atoms in total. The molecule has 1 N–H and O–H groups in total. The van der Waals surface area contributed by atoms with Crippen LogP contribution in [0.4, 0.5) is 5.69 Å². The molecule has 0 unspecified atom stereocenters. The minimum Gasteiger partial charge on any atom is -0.436 e. The fourth-order valence-electron chi connectivity index (χ4n) is 3.93. The van der Waals surface area contributed by atoms with Gasteiger partial charge in [0.25, 0.3) is 5.91 Å². The summed E-state index contributed by atoms with van der Waals surface area (Å²) in [4.78, 5) is 31.3. The van der Waals surface area contributed by atoms with E-state index in [0.29, 0.717) is 48.3 Å². The van der Waals surface area contributed by atoms with Crippen molar-refractivity contribution in [3.05, 3.63) is 48.2 Å². The topological polar surface area (TPSA) is 71.5 Å². The number of para-hydroxylation sites is 2. The zero-order chi connectivity index (χ0) is 19.3. The highest BCUT2D eigenvalue weighted by Gasteiger charge is 2.28. The van der Waals surface area contributed by atoms with E-state index in [0.717, 1.165) is 12.8 Å². The van der Waals surface area contributed by atoms with Crippen molar-refractivity contribution in [1.29, 1.82) is 0 Å². The van der Waals surface area contributed by atoms with Gasteiger partial charge < -0.3 is 15.0 Å². The van der Waals surface area contributed by atoms with E-state index in [1.54, 1.807) is 23.2 Å². The third kappa shape index (κ3) is 4.01. The minimum absolute atomic E-state index is 0.0702. The molecule has 2 heterocycles. The zero-order valence-electron chi connectivity index (χ0n) is 15.9. The smallest absolute Gasteiger partial charge is 0.263 e. The Kier molecular flexibility index (Phi) is 5.55. The van der Waals surface area contributed by atoms with Gasteiger partial charge in [0.05, 0.1) is 5.69 Å². The Hall–Kier alpha value is -2.89. The summed E-state index contributed by atoms with van der Waals surface area (Å²) in [6.45, 7) is 0.450. The Labute approximate surface area is 164 Å². The van der Waals surface area contributed by atoms with E-state index in [1.807, 2.05) is 24.3 Å². The van der Waals surface area contributed by atoms with Crippen LogP contribution in [0.1, 0.15) is 55.3 Å². The summed E-state index contributed by atoms with van der Waals surface area (Å²) in [5.74, 6) is 0.832. The maximum atomic E-state index is 13.1. The number of amides is 2. The van der Waals surface area contributed by atoms with Gasteiger partial charge in [0, 0.05) is 25.2 Å². The molecule has 1 fully saturated rings. The van der Waals surface area contributed by atoms with Gasteiger partial charge in [-0.2, -0.15) is 0 Å². The molecule has 1 aliphatic carbocycles. The fourth-order valence-corrected chi connectivity index (χ4v) is 3.93. The van der Waals surface area contributed by atoms with Crippen molar-refractivity contribution >= 4 is 17.5 Å². The first-order valence-electron chi connectivity index (χ1n) is 10.1. The molecule has 2 aliphatic rings. The molecule has 0 atom stereocenters. The SMILES string of the molecule is O=C(CCCN1C(=O)c2cccnc2Oc2ccccc21)NC1CCCCC1. The number of nitrogens with one attached hydrogen (secondary N) is 1. The quantitative estimate of drug-likeness (QED) is 0.850. The Morgan fingerprint density at radius 3 is 2.82 bits per heavy atom. The van der Waals surface area contributed by atoms with Crippen LogP contribution >= 0.6 is 0 Å². The molecule has 6 heteroatoms. The summed E-state index contributed by atoms with van der Waals surface area (Å²) in [5, 5.41) is 3.14. The van der Waals surface area contributed by atoms with Gasteiger partial charge in [0.2, 0.25) is 11.8 Å². The van der Waals surface area contributed by atoms with Crippen molar-refractivity contribution in [1.82, 2.24) is 10.3 Å². The fraction of sp³-hybridized carbons (Fsp3) is 0.409. The number of carbonyl (C=O) groups excluding carboxylic acids is 2. The Morgan fingerprint density at radius 1 is 1.14 bits per heavy atom. The summed E-state index contributed by atoms with van der Waals surface area (Å²) < 4.78 is 5.88. The van der Waals surface area contributed by atoms with Crippen LogP contribution < -0.4 is 15.0 Å². The molecule has 0 spiro atoms. The van der Waals surface area contributed by atoms with Gasteiger partial charge in [-0.3, -0.25) is 9.59 Å². The second-order valence-corrected chi connectivity index (χ2v) is 7.39. The third-order valence-electron chi connectivity index (χ3n) is 5.37. The Morgan fingerprint density at radius 2 is 1.96 bits per heavy atom. The number of nitrogens with zero attached hydrogens (tertiary/aromatic N) is 2. The van der Waals surface area contributed by atoms with Gasteiger partial charge in [-0.15, -0.1) is 0 Å². The third-order valence-corrected chi connectivity index (χ3v) is 5.37. The van der Waals surface area contributed by atoms with Crippen LogP contribution in [0, 0.1) is 0 Å². The number of fused-ring (bicyclic) bond motifs is 2. The van der Waals surface area contributed by atoms with Crippen LogP contribution in [0.15, 0.2) is 42.6 Å². The second-order valence-electron chi connectivity index (χ2n) is 7.39. The predicted octanol–water partition coefficient (Wildman–Crippen LogP) is 4.06. The maximum Gasteiger partial charge on any atom is 0.263 e. The molecule has 2 aromatic rings. The molecule has 146 valence electrons. The van der Waals surface area contributed by atoms with Crippen LogP contribution in [0.2, 0.25) is 0 Å². The first kappa shape index (κ1) is 18.5. The normalized spacial score (nSPS) is 16.6. The first-order valence-corrected chi connectivity index (χ1v) is 10.1. The van der Waals surface area contributed by atoms with Crippen molar-refractivity contribution < 1.29 is 14.3 Å². The standard InChI is InChI=1S/C22H25N3O3/c26-20(24-16-8-2-1-3-9-16)13-7-15-25-18-11-4-5-12-19(18)28-21-17(22(25)27)10-6-14-23-21/h4-6,10-12,14,16H,1-3,7-9,13,15H2,(H,24,26). The van der Waals surface area contributed by atoms with E-state index in [9.17, 15) is 9.59 Å². The lowest BCUT2D eigenvalue weighted by Gasteiger charge is -2.24. The summed E-state index contributed by atoms with van der Waals surface area (Å²) >= 11 is 0. The number of ether oxygens (including phenoxy) is 1. The molecular formula is C22H25N3O3. The average molecular weight is 379 g/mol. The summed E-state index contributed by atoms with van der Waals surface area (Å²) in [6.07, 6.45) is 8.41. The number of hydrogen-bond donors (Lipinski definition) is 1. The monoisotopic (exact) mass is 379 g/mol. The van der Waals surface area contributed by atoms with Crippen LogP contribution in [0.5, 0.6) is 11.6 Å². The zero-order valence-corrected chi connectivity index (χ0v) is 15.9. The average Bonchev–Trinajstić information content (AvgIpc) is 2.84. The lowest BCUT2D eigenvalue weighted by atomic mass is 9.95. The van der Waals surface area contributed by atoms with E-state index >= 15 is 0 Å². The summed E-state index contributed by atoms with van der Waals surface area (Å²) in [6, 6.07) is 11.2. The van der Waals surface area contributed by atoms with Crippen molar-refractivity contribution in [3.8, 4) is 11.6 Å². The molecule has 1 aromatic heterocycles. The highest BCUT2D eigenvalue weighted by molar-refractivity contribution is 6.09. The van der Waals surface area contributed by atoms with Crippen molar-refractivity contribution in [2.24, 2.45) is 0 Å². The summed E-state index contributed by atoms with van der Waals surface area (Å²) in [7, 11) is 0. The minimum atomic E-state index is -0.152. The van der Waals surface area contributed by atoms with E-state index < -0.39 is 0 Å². The molecule has 1 aliphatic heterocycles. The number of carbonyl (C=O) groups is 2. The lowest BCUT2D eigenvalue weighted by Crippen LogP contribution is -2.37. The molecule has 1 saturated carbocycles. The number of rotatable bonds is 5. The van der Waals surface area contributed by atoms with E-state index in [-0.39, 0.29) is 11.8 Å². The largest absolute Gasteiger partial charge is 0.436 e. The van der Waals surface area contributed by atoms with E-state index in [1.165, 1.54) is 19.3 Å². The molecule has 28 heavy (non-hydrogen) atoms. The maximum absolute atomic E-state index is 13.1. The van der Waals surface area contributed by atoms with Gasteiger partial charge in [-0.1, -0.05) is 31.4 Å². The van der Waals surface area contributed by atoms with E-state index in [2.05, 4.69) is 10.3 Å². The Balaban J connectivity index is 1.44. The number of benzene rings is 1. The summed E-state index contributed by atoms with van der Waals surface area (Å²) in [5.41, 5.74) is 1.14. The Bertz CT molecular complexity index is 862. The van der Waals surface area contributed by atoms with Gasteiger partial charge >= 0.3 is 0 Å². The van der Waals surface area contributed by atoms with Gasteiger partial charge in [-0.05, 0) is 43.5 Å². The predicted molar refractivity (Wildman–Crippen MR) is 107 cm³/mol. The molecule has 2 amide bonds. The van der Waals surface area contributed by atoms with Crippen molar-refractivity contribution in [3.63, 3.8) is 0 Å². The lowest BCUT2D eigenvalue weighted by molar-refractivity contribution is -0.122. The van der Waals surface area contributed by atoms with Crippen LogP contribution in [-0.4, -0.2) is 29.4 Å². The van der Waals surface area contributed by atoms with Crippen LogP contribution in [-0.2, 0) is 4.79 Å². The molecule has 1 aromatic carbocycles. The molecule has 4 rings (SSSR count). The van der Waals surface area contributed by atoms with Crippen LogP contribution in [0.25, 0.3) is 0 Å². The number of pyridine rings is 1.